The SMILES string of the molecule is Cc1cc(=O)[nH]c(-c2cccc(NC(=O)c3ccc(O)cc3F)c2)n1. The number of aromatic amines is 1. The quantitative estimate of drug-likeness (QED) is 0.684. The van der Waals surface area contributed by atoms with Crippen LogP contribution in [0.15, 0.2) is 53.3 Å². The first kappa shape index (κ1) is 16.4. The van der Waals surface area contributed by atoms with E-state index in [1.807, 2.05) is 0 Å². The van der Waals surface area contributed by atoms with Gasteiger partial charge in [0.05, 0.1) is 5.56 Å². The first-order valence-corrected chi connectivity index (χ1v) is 7.40. The second-order valence-corrected chi connectivity index (χ2v) is 5.43. The number of hydrogen-bond donors (Lipinski definition) is 3. The van der Waals surface area contributed by atoms with Gasteiger partial charge in [-0.1, -0.05) is 12.1 Å². The van der Waals surface area contributed by atoms with Crippen LogP contribution in [-0.4, -0.2) is 21.0 Å². The van der Waals surface area contributed by atoms with Crippen LogP contribution < -0.4 is 10.9 Å². The lowest BCUT2D eigenvalue weighted by atomic mass is 10.1. The van der Waals surface area contributed by atoms with Crippen molar-refractivity contribution in [2.24, 2.45) is 0 Å². The normalized spacial score (nSPS) is 10.5. The molecule has 1 heterocycles. The highest BCUT2D eigenvalue weighted by Gasteiger charge is 2.13. The highest BCUT2D eigenvalue weighted by Crippen LogP contribution is 2.21. The number of nitrogens with zero attached hydrogens (tertiary/aromatic N) is 1. The smallest absolute Gasteiger partial charge is 0.258 e. The molecule has 0 saturated heterocycles. The highest BCUT2D eigenvalue weighted by atomic mass is 19.1. The number of aromatic hydroxyl groups is 1. The number of phenols is 1. The number of hydrogen-bond acceptors (Lipinski definition) is 4. The Labute approximate surface area is 142 Å². The zero-order valence-electron chi connectivity index (χ0n) is 13.2. The molecular formula is C18H14FN3O3. The van der Waals surface area contributed by atoms with Crippen molar-refractivity contribution in [1.82, 2.24) is 9.97 Å². The van der Waals surface area contributed by atoms with Crippen molar-refractivity contribution in [2.75, 3.05) is 5.32 Å². The molecule has 3 aromatic rings. The molecule has 0 bridgehead atoms. The minimum Gasteiger partial charge on any atom is -0.508 e. The first-order valence-electron chi connectivity index (χ1n) is 7.40. The first-order chi connectivity index (χ1) is 11.9. The molecule has 7 heteroatoms. The number of nitrogens with one attached hydrogen (secondary N) is 2. The summed E-state index contributed by atoms with van der Waals surface area (Å²) in [6.07, 6.45) is 0. The maximum atomic E-state index is 13.8. The summed E-state index contributed by atoms with van der Waals surface area (Å²) in [5.74, 6) is -1.36. The van der Waals surface area contributed by atoms with Crippen LogP contribution in [-0.2, 0) is 0 Å². The molecule has 0 aliphatic heterocycles. The van der Waals surface area contributed by atoms with Gasteiger partial charge in [-0.15, -0.1) is 0 Å². The molecule has 0 aliphatic carbocycles. The van der Waals surface area contributed by atoms with Crippen LogP contribution in [0.5, 0.6) is 5.75 Å². The molecule has 1 amide bonds. The molecule has 25 heavy (non-hydrogen) atoms. The predicted molar refractivity (Wildman–Crippen MR) is 91.0 cm³/mol. The van der Waals surface area contributed by atoms with Gasteiger partial charge in [-0.2, -0.15) is 0 Å². The lowest BCUT2D eigenvalue weighted by Crippen LogP contribution is -2.14. The molecule has 0 spiro atoms. The number of phenolic OH excluding ortho intramolecular Hbond substituents is 1. The number of aromatic nitrogens is 2. The van der Waals surface area contributed by atoms with Gasteiger partial charge >= 0.3 is 0 Å². The lowest BCUT2D eigenvalue weighted by Gasteiger charge is -2.08. The maximum Gasteiger partial charge on any atom is 0.258 e. The average molecular weight is 339 g/mol. The molecule has 2 aromatic carbocycles. The Kier molecular flexibility index (Phi) is 4.30. The van der Waals surface area contributed by atoms with Crippen molar-refractivity contribution >= 4 is 11.6 Å². The second-order valence-electron chi connectivity index (χ2n) is 5.43. The summed E-state index contributed by atoms with van der Waals surface area (Å²) in [4.78, 5) is 30.6. The number of amides is 1. The Balaban J connectivity index is 1.89. The van der Waals surface area contributed by atoms with Gasteiger partial charge in [-0.05, 0) is 31.2 Å². The van der Waals surface area contributed by atoms with Gasteiger partial charge in [-0.3, -0.25) is 9.59 Å². The standard InChI is InChI=1S/C18H14FN3O3/c1-10-7-16(24)22-17(20-10)11-3-2-4-12(8-11)21-18(25)14-6-5-13(23)9-15(14)19/h2-9,23H,1H3,(H,21,25)(H,20,22,24). The summed E-state index contributed by atoms with van der Waals surface area (Å²) in [6, 6.07) is 11.3. The van der Waals surface area contributed by atoms with Gasteiger partial charge < -0.3 is 15.4 Å². The number of carbonyl (C=O) groups excluding carboxylic acids is 1. The van der Waals surface area contributed by atoms with E-state index in [1.165, 1.54) is 18.2 Å². The molecule has 0 aliphatic rings. The van der Waals surface area contributed by atoms with Crippen LogP contribution in [0, 0.1) is 12.7 Å². The van der Waals surface area contributed by atoms with E-state index in [9.17, 15) is 19.1 Å². The van der Waals surface area contributed by atoms with E-state index >= 15 is 0 Å². The van der Waals surface area contributed by atoms with Gasteiger partial charge in [0.25, 0.3) is 11.5 Å². The van der Waals surface area contributed by atoms with Crippen molar-refractivity contribution in [2.45, 2.75) is 6.92 Å². The molecule has 3 N–H and O–H groups in total. The minimum absolute atomic E-state index is 0.190. The lowest BCUT2D eigenvalue weighted by molar-refractivity contribution is 0.102. The Hall–Kier alpha value is -3.48. The largest absolute Gasteiger partial charge is 0.508 e. The second kappa shape index (κ2) is 6.56. The Morgan fingerprint density at radius 2 is 2.00 bits per heavy atom. The van der Waals surface area contributed by atoms with Gasteiger partial charge in [0.2, 0.25) is 0 Å². The van der Waals surface area contributed by atoms with Crippen LogP contribution in [0.1, 0.15) is 16.1 Å². The molecular weight excluding hydrogens is 325 g/mol. The molecule has 1 aromatic heterocycles. The summed E-state index contributed by atoms with van der Waals surface area (Å²) in [5.41, 5.74) is 1.12. The Morgan fingerprint density at radius 3 is 2.72 bits per heavy atom. The van der Waals surface area contributed by atoms with E-state index in [1.54, 1.807) is 31.2 Å². The maximum absolute atomic E-state index is 13.8. The van der Waals surface area contributed by atoms with Gasteiger partial charge in [-0.25, -0.2) is 9.37 Å². The van der Waals surface area contributed by atoms with Gasteiger partial charge in [0.15, 0.2) is 0 Å². The van der Waals surface area contributed by atoms with E-state index in [0.29, 0.717) is 22.8 Å². The van der Waals surface area contributed by atoms with Crippen molar-refractivity contribution in [3.05, 3.63) is 76.0 Å². The van der Waals surface area contributed by atoms with Gasteiger partial charge in [0.1, 0.15) is 17.4 Å². The third-order valence-corrected chi connectivity index (χ3v) is 3.46. The zero-order chi connectivity index (χ0) is 18.0. The van der Waals surface area contributed by atoms with Crippen LogP contribution >= 0.6 is 0 Å². The fraction of sp³-hybridized carbons (Fsp3) is 0.0556. The van der Waals surface area contributed by atoms with Crippen molar-refractivity contribution in [3.8, 4) is 17.1 Å². The number of aryl methyl sites for hydroxylation is 1. The van der Waals surface area contributed by atoms with Crippen LogP contribution in [0.2, 0.25) is 0 Å². The number of halogens is 1. The predicted octanol–water partition coefficient (Wildman–Crippen LogP) is 2.84. The van der Waals surface area contributed by atoms with E-state index in [2.05, 4.69) is 15.3 Å². The monoisotopic (exact) mass is 339 g/mol. The van der Waals surface area contributed by atoms with Crippen LogP contribution in [0.25, 0.3) is 11.4 Å². The number of anilines is 1. The fourth-order valence-corrected chi connectivity index (χ4v) is 2.35. The van der Waals surface area contributed by atoms with E-state index in [4.69, 9.17) is 0 Å². The van der Waals surface area contributed by atoms with E-state index < -0.39 is 11.7 Å². The molecule has 6 nitrogen and oxygen atoms in total. The molecule has 3 rings (SSSR count). The molecule has 0 unspecified atom stereocenters. The fourth-order valence-electron chi connectivity index (χ4n) is 2.35. The van der Waals surface area contributed by atoms with Crippen LogP contribution in [0.4, 0.5) is 10.1 Å². The summed E-state index contributed by atoms with van der Waals surface area (Å²) < 4.78 is 13.8. The summed E-state index contributed by atoms with van der Waals surface area (Å²) in [6.45, 7) is 1.71. The Morgan fingerprint density at radius 1 is 1.20 bits per heavy atom. The summed E-state index contributed by atoms with van der Waals surface area (Å²) in [5, 5.41) is 11.8. The van der Waals surface area contributed by atoms with Crippen LogP contribution in [0.3, 0.4) is 0 Å². The molecule has 0 radical (unpaired) electrons. The van der Waals surface area contributed by atoms with Crippen molar-refractivity contribution < 1.29 is 14.3 Å². The van der Waals surface area contributed by atoms with E-state index in [-0.39, 0.29) is 16.9 Å². The topological polar surface area (TPSA) is 95.1 Å². The molecule has 0 fully saturated rings. The zero-order valence-corrected chi connectivity index (χ0v) is 13.2. The summed E-state index contributed by atoms with van der Waals surface area (Å²) >= 11 is 0. The molecule has 126 valence electrons. The van der Waals surface area contributed by atoms with Crippen molar-refractivity contribution in [3.63, 3.8) is 0 Å². The van der Waals surface area contributed by atoms with E-state index in [0.717, 1.165) is 6.07 Å². The molecule has 0 atom stereocenters. The van der Waals surface area contributed by atoms with Crippen molar-refractivity contribution in [1.29, 1.82) is 0 Å². The minimum atomic E-state index is -0.821. The average Bonchev–Trinajstić information content (AvgIpc) is 2.54. The number of carbonyl (C=O) groups is 1. The number of benzene rings is 2. The number of rotatable bonds is 3. The third-order valence-electron chi connectivity index (χ3n) is 3.46. The summed E-state index contributed by atoms with van der Waals surface area (Å²) in [7, 11) is 0. The third kappa shape index (κ3) is 3.72. The Bertz CT molecular complexity index is 1010. The molecule has 0 saturated carbocycles. The van der Waals surface area contributed by atoms with Gasteiger partial charge in [0, 0.05) is 29.1 Å². The number of H-pyrrole nitrogens is 1. The highest BCUT2D eigenvalue weighted by molar-refractivity contribution is 6.04.